The summed E-state index contributed by atoms with van der Waals surface area (Å²) in [5, 5.41) is 37.8. The molecule has 4 aromatic rings. The third kappa shape index (κ3) is 8.31. The van der Waals surface area contributed by atoms with Crippen LogP contribution in [0.1, 0.15) is 5.56 Å². The van der Waals surface area contributed by atoms with Crippen molar-refractivity contribution in [1.29, 1.82) is 0 Å². The molecule has 4 rings (SSSR count). The number of ether oxygens (including phenoxy) is 1. The lowest BCUT2D eigenvalue weighted by Gasteiger charge is -2.13. The largest absolute Gasteiger partial charge is 0.491 e. The molecular formula is C25H23FN2O7S. The van der Waals surface area contributed by atoms with Gasteiger partial charge < -0.3 is 29.9 Å². The first-order valence-corrected chi connectivity index (χ1v) is 11.6. The number of aliphatic carboxylic acids is 2. The molecule has 0 aliphatic heterocycles. The highest BCUT2D eigenvalue weighted by atomic mass is 32.1. The van der Waals surface area contributed by atoms with E-state index in [0.29, 0.717) is 35.7 Å². The predicted molar refractivity (Wildman–Crippen MR) is 131 cm³/mol. The van der Waals surface area contributed by atoms with Gasteiger partial charge in [0.1, 0.15) is 30.0 Å². The number of halogens is 1. The molecule has 0 unspecified atom stereocenters. The summed E-state index contributed by atoms with van der Waals surface area (Å²) in [4.78, 5) is 19.1. The standard InChI is InChI=1S/C21H19FN2O3S.C4H4O4/c22-16-3-6-19-20(9-16)27-24-21(19)15-1-4-18(5-2-15)26-12-17(25)11-23-10-14-7-8-28-13-14;5-3(6)1-2-4(7)8/h1-9,13,17,23,25H,10-12H2;1-2H,(H,5,6)(H,7,8)/b;2-1-/t17-;/m0./s1. The molecule has 36 heavy (non-hydrogen) atoms. The number of thiophene rings is 1. The van der Waals surface area contributed by atoms with Gasteiger partial charge in [0.05, 0.1) is 0 Å². The highest BCUT2D eigenvalue weighted by Gasteiger charge is 2.12. The molecule has 1 atom stereocenters. The predicted octanol–water partition coefficient (Wildman–Crippen LogP) is 3.94. The number of fused-ring (bicyclic) bond motifs is 1. The Balaban J connectivity index is 0.000000392. The summed E-state index contributed by atoms with van der Waals surface area (Å²) in [5.74, 6) is -2.22. The Hall–Kier alpha value is -4.06. The second-order valence-electron chi connectivity index (χ2n) is 7.43. The van der Waals surface area contributed by atoms with Crippen molar-refractivity contribution in [3.8, 4) is 17.0 Å². The van der Waals surface area contributed by atoms with Gasteiger partial charge in [0, 0.05) is 42.3 Å². The molecule has 0 aliphatic carbocycles. The van der Waals surface area contributed by atoms with E-state index in [4.69, 9.17) is 19.5 Å². The fraction of sp³-hybridized carbons (Fsp3) is 0.160. The monoisotopic (exact) mass is 514 g/mol. The maximum absolute atomic E-state index is 13.3. The van der Waals surface area contributed by atoms with E-state index in [-0.39, 0.29) is 12.4 Å². The molecule has 2 aromatic heterocycles. The number of aromatic nitrogens is 1. The summed E-state index contributed by atoms with van der Waals surface area (Å²) in [5.41, 5.74) is 3.11. The fourth-order valence-corrected chi connectivity index (χ4v) is 3.67. The summed E-state index contributed by atoms with van der Waals surface area (Å²) < 4.78 is 24.1. The Morgan fingerprint density at radius 1 is 1.11 bits per heavy atom. The molecule has 0 saturated heterocycles. The van der Waals surface area contributed by atoms with E-state index in [0.717, 1.165) is 17.5 Å². The van der Waals surface area contributed by atoms with Crippen LogP contribution in [0.4, 0.5) is 4.39 Å². The van der Waals surface area contributed by atoms with Crippen LogP contribution in [-0.4, -0.2) is 51.7 Å². The van der Waals surface area contributed by atoms with Crippen LogP contribution in [0.3, 0.4) is 0 Å². The summed E-state index contributed by atoms with van der Waals surface area (Å²) in [6, 6.07) is 13.7. The lowest BCUT2D eigenvalue weighted by molar-refractivity contribution is -0.134. The Morgan fingerprint density at radius 3 is 2.47 bits per heavy atom. The molecule has 0 radical (unpaired) electrons. The number of carbonyl (C=O) groups is 2. The van der Waals surface area contributed by atoms with Crippen LogP contribution >= 0.6 is 11.3 Å². The van der Waals surface area contributed by atoms with E-state index in [1.807, 2.05) is 29.6 Å². The molecule has 11 heteroatoms. The van der Waals surface area contributed by atoms with Crippen LogP contribution in [0.15, 0.2) is 76.0 Å². The zero-order valence-corrected chi connectivity index (χ0v) is 19.7. The number of nitrogens with zero attached hydrogens (tertiary/aromatic N) is 1. The van der Waals surface area contributed by atoms with Crippen molar-refractivity contribution in [2.24, 2.45) is 0 Å². The second kappa shape index (κ2) is 13.1. The van der Waals surface area contributed by atoms with Gasteiger partial charge in [-0.15, -0.1) is 0 Å². The Kier molecular flexibility index (Phi) is 9.69. The SMILES string of the molecule is O=C(O)/C=C\C(=O)O.O[C@@H](CNCc1ccsc1)COc1ccc(-c2noc3cc(F)ccc23)cc1. The first-order valence-electron chi connectivity index (χ1n) is 10.6. The van der Waals surface area contributed by atoms with Crippen LogP contribution < -0.4 is 10.1 Å². The average molecular weight is 515 g/mol. The maximum Gasteiger partial charge on any atom is 0.328 e. The zero-order valence-electron chi connectivity index (χ0n) is 18.8. The third-order valence-electron chi connectivity index (χ3n) is 4.66. The van der Waals surface area contributed by atoms with Crippen LogP contribution in [0.2, 0.25) is 0 Å². The van der Waals surface area contributed by atoms with E-state index in [2.05, 4.69) is 21.9 Å². The molecule has 0 fully saturated rings. The number of nitrogens with one attached hydrogen (secondary N) is 1. The van der Waals surface area contributed by atoms with Crippen molar-refractivity contribution >= 4 is 34.2 Å². The van der Waals surface area contributed by atoms with E-state index >= 15 is 0 Å². The van der Waals surface area contributed by atoms with Crippen molar-refractivity contribution < 1.29 is 38.6 Å². The van der Waals surface area contributed by atoms with Crippen molar-refractivity contribution in [3.05, 3.63) is 82.8 Å². The first kappa shape index (κ1) is 26.5. The second-order valence-corrected chi connectivity index (χ2v) is 8.21. The Labute approximate surface area is 209 Å². The van der Waals surface area contributed by atoms with Crippen molar-refractivity contribution in [2.45, 2.75) is 12.6 Å². The van der Waals surface area contributed by atoms with Gasteiger partial charge >= 0.3 is 11.9 Å². The van der Waals surface area contributed by atoms with Gasteiger partial charge in [-0.3, -0.25) is 0 Å². The smallest absolute Gasteiger partial charge is 0.328 e. The molecule has 4 N–H and O–H groups in total. The van der Waals surface area contributed by atoms with Crippen LogP contribution in [0, 0.1) is 5.82 Å². The number of aliphatic hydroxyl groups excluding tert-OH is 1. The van der Waals surface area contributed by atoms with Gasteiger partial charge in [-0.1, -0.05) is 5.16 Å². The topological polar surface area (TPSA) is 142 Å². The summed E-state index contributed by atoms with van der Waals surface area (Å²) in [6.07, 6.45) is 0.512. The quantitative estimate of drug-likeness (QED) is 0.232. The number of hydrogen-bond acceptors (Lipinski definition) is 8. The molecule has 9 nitrogen and oxygen atoms in total. The number of aliphatic hydroxyl groups is 1. The Bertz CT molecular complexity index is 1290. The molecule has 0 bridgehead atoms. The van der Waals surface area contributed by atoms with Gasteiger partial charge in [0.15, 0.2) is 5.58 Å². The molecule has 0 aliphatic rings. The van der Waals surface area contributed by atoms with Crippen LogP contribution in [0.25, 0.3) is 22.2 Å². The highest BCUT2D eigenvalue weighted by molar-refractivity contribution is 7.07. The highest BCUT2D eigenvalue weighted by Crippen LogP contribution is 2.29. The number of benzene rings is 2. The van der Waals surface area contributed by atoms with Gasteiger partial charge in [-0.25, -0.2) is 14.0 Å². The van der Waals surface area contributed by atoms with Crippen molar-refractivity contribution in [1.82, 2.24) is 10.5 Å². The average Bonchev–Trinajstić information content (AvgIpc) is 3.52. The summed E-state index contributed by atoms with van der Waals surface area (Å²) >= 11 is 1.65. The lowest BCUT2D eigenvalue weighted by Crippen LogP contribution is -2.31. The number of rotatable bonds is 10. The lowest BCUT2D eigenvalue weighted by atomic mass is 10.1. The van der Waals surface area contributed by atoms with Gasteiger partial charge in [0.2, 0.25) is 0 Å². The number of carboxylic acids is 2. The molecule has 0 saturated carbocycles. The van der Waals surface area contributed by atoms with Gasteiger partial charge in [-0.05, 0) is 58.8 Å². The van der Waals surface area contributed by atoms with E-state index in [1.165, 1.54) is 17.7 Å². The summed E-state index contributed by atoms with van der Waals surface area (Å²) in [7, 11) is 0. The molecule has 0 spiro atoms. The maximum atomic E-state index is 13.3. The molecular weight excluding hydrogens is 491 g/mol. The zero-order chi connectivity index (χ0) is 25.9. The van der Waals surface area contributed by atoms with E-state index < -0.39 is 18.0 Å². The first-order chi connectivity index (χ1) is 17.3. The van der Waals surface area contributed by atoms with Gasteiger partial charge in [0.25, 0.3) is 0 Å². The van der Waals surface area contributed by atoms with E-state index in [1.54, 1.807) is 17.4 Å². The molecule has 2 heterocycles. The van der Waals surface area contributed by atoms with E-state index in [9.17, 15) is 19.1 Å². The summed E-state index contributed by atoms with van der Waals surface area (Å²) in [6.45, 7) is 1.38. The minimum atomic E-state index is -1.26. The van der Waals surface area contributed by atoms with Crippen molar-refractivity contribution in [2.75, 3.05) is 13.2 Å². The normalized spacial score (nSPS) is 11.7. The fourth-order valence-electron chi connectivity index (χ4n) is 3.00. The third-order valence-corrected chi connectivity index (χ3v) is 5.39. The van der Waals surface area contributed by atoms with Crippen LogP contribution in [0.5, 0.6) is 5.75 Å². The molecule has 2 aromatic carbocycles. The number of carboxylic acid groups (broad SMARTS) is 2. The van der Waals surface area contributed by atoms with Gasteiger partial charge in [-0.2, -0.15) is 11.3 Å². The minimum absolute atomic E-state index is 0.197. The minimum Gasteiger partial charge on any atom is -0.491 e. The molecule has 188 valence electrons. The Morgan fingerprint density at radius 2 is 1.83 bits per heavy atom. The van der Waals surface area contributed by atoms with Crippen LogP contribution in [-0.2, 0) is 16.1 Å². The number of hydrogen-bond donors (Lipinski definition) is 4. The van der Waals surface area contributed by atoms with Crippen molar-refractivity contribution in [3.63, 3.8) is 0 Å². The molecule has 0 amide bonds.